The molecule has 0 rings (SSSR count). The van der Waals surface area contributed by atoms with Crippen LogP contribution in [0.1, 0.15) is 6.92 Å². The highest BCUT2D eigenvalue weighted by Gasteiger charge is 2.39. The monoisotopic (exact) mass is 205 g/mol. The Morgan fingerprint density at radius 1 is 1.29 bits per heavy atom. The van der Waals surface area contributed by atoms with Crippen molar-refractivity contribution in [2.45, 2.75) is 13.1 Å². The van der Waals surface area contributed by atoms with Crippen molar-refractivity contribution in [3.8, 4) is 0 Å². The molecule has 0 aromatic carbocycles. The Morgan fingerprint density at radius 2 is 1.71 bits per heavy atom. The summed E-state index contributed by atoms with van der Waals surface area (Å²) in [6, 6.07) is 0. The van der Waals surface area contributed by atoms with Crippen molar-refractivity contribution in [2.75, 3.05) is 27.7 Å². The maximum Gasteiger partial charge on any atom is 0.412 e. The van der Waals surface area contributed by atoms with E-state index in [1.54, 1.807) is 28.1 Å². The molecule has 14 heavy (non-hydrogen) atoms. The minimum absolute atomic E-state index is 0.0372. The quantitative estimate of drug-likeness (QED) is 0.504. The molecule has 1 atom stereocenters. The van der Waals surface area contributed by atoms with Crippen LogP contribution in [0.5, 0.6) is 0 Å². The van der Waals surface area contributed by atoms with E-state index < -0.39 is 18.2 Å². The predicted molar refractivity (Wildman–Crippen MR) is 49.9 cm³/mol. The highest BCUT2D eigenvalue weighted by Crippen LogP contribution is 2.09. The van der Waals surface area contributed by atoms with Crippen LogP contribution in [0.2, 0.25) is 0 Å². The third-order valence-corrected chi connectivity index (χ3v) is 1.84. The van der Waals surface area contributed by atoms with Gasteiger partial charge in [-0.25, -0.2) is 14.5 Å². The molecule has 1 amide bonds. The Kier molecular flexibility index (Phi) is 3.88. The van der Waals surface area contributed by atoms with E-state index in [1.807, 2.05) is 0 Å². The second-order valence-corrected chi connectivity index (χ2v) is 3.90. The number of amides is 1. The van der Waals surface area contributed by atoms with Crippen LogP contribution in [0.15, 0.2) is 0 Å². The van der Waals surface area contributed by atoms with Gasteiger partial charge in [-0.2, -0.15) is 0 Å². The van der Waals surface area contributed by atoms with Crippen LogP contribution in [0, 0.1) is 0 Å². The van der Waals surface area contributed by atoms with E-state index in [-0.39, 0.29) is 11.0 Å². The highest BCUT2D eigenvalue weighted by molar-refractivity contribution is 5.77. The number of carboxylic acids is 1. The van der Waals surface area contributed by atoms with Crippen molar-refractivity contribution in [2.24, 2.45) is 0 Å². The van der Waals surface area contributed by atoms with Gasteiger partial charge in [-0.1, -0.05) is 0 Å². The SMILES string of the molecule is CCN(C(=O)O)C(C(=O)O)[N+](C)(C)C. The molecule has 0 spiro atoms. The molecule has 0 fully saturated rings. The van der Waals surface area contributed by atoms with Crippen LogP contribution in [-0.4, -0.2) is 65.5 Å². The van der Waals surface area contributed by atoms with E-state index in [2.05, 4.69) is 0 Å². The molecular weight excluding hydrogens is 188 g/mol. The minimum Gasteiger partial charge on any atom is -0.475 e. The molecule has 0 bridgehead atoms. The zero-order chi connectivity index (χ0) is 11.5. The van der Waals surface area contributed by atoms with Crippen molar-refractivity contribution >= 4 is 12.1 Å². The molecule has 0 aliphatic carbocycles. The van der Waals surface area contributed by atoms with Crippen LogP contribution >= 0.6 is 0 Å². The maximum atomic E-state index is 10.9. The first-order chi connectivity index (χ1) is 6.21. The number of hydrogen-bond acceptors (Lipinski definition) is 2. The van der Waals surface area contributed by atoms with Gasteiger partial charge in [0.2, 0.25) is 0 Å². The molecule has 0 heterocycles. The van der Waals surface area contributed by atoms with Crippen molar-refractivity contribution in [3.63, 3.8) is 0 Å². The Labute approximate surface area is 82.9 Å². The molecule has 0 saturated heterocycles. The summed E-state index contributed by atoms with van der Waals surface area (Å²) in [6.45, 7) is 1.77. The third kappa shape index (κ3) is 2.88. The van der Waals surface area contributed by atoms with Gasteiger partial charge in [0.25, 0.3) is 6.17 Å². The lowest BCUT2D eigenvalue weighted by Crippen LogP contribution is -2.60. The first-order valence-corrected chi connectivity index (χ1v) is 4.25. The molecule has 0 saturated carbocycles. The van der Waals surface area contributed by atoms with Crippen molar-refractivity contribution in [1.29, 1.82) is 0 Å². The average Bonchev–Trinajstić information content (AvgIpc) is 1.95. The third-order valence-electron chi connectivity index (χ3n) is 1.84. The highest BCUT2D eigenvalue weighted by atomic mass is 16.4. The van der Waals surface area contributed by atoms with Gasteiger partial charge in [0.1, 0.15) is 0 Å². The molecule has 0 aliphatic rings. The predicted octanol–water partition coefficient (Wildman–Crippen LogP) is 0.103. The van der Waals surface area contributed by atoms with E-state index in [0.717, 1.165) is 4.90 Å². The van der Waals surface area contributed by atoms with Crippen LogP contribution in [-0.2, 0) is 4.79 Å². The van der Waals surface area contributed by atoms with Gasteiger partial charge < -0.3 is 14.7 Å². The second kappa shape index (κ2) is 4.28. The van der Waals surface area contributed by atoms with Gasteiger partial charge in [-0.15, -0.1) is 0 Å². The number of rotatable bonds is 4. The van der Waals surface area contributed by atoms with Crippen molar-refractivity contribution in [1.82, 2.24) is 4.90 Å². The number of aliphatic carboxylic acids is 1. The number of hydrogen-bond donors (Lipinski definition) is 2. The Bertz CT molecular complexity index is 234. The molecule has 0 aromatic rings. The molecule has 82 valence electrons. The summed E-state index contributed by atoms with van der Waals surface area (Å²) in [5, 5.41) is 17.7. The lowest BCUT2D eigenvalue weighted by atomic mass is 10.3. The first-order valence-electron chi connectivity index (χ1n) is 4.25. The summed E-state index contributed by atoms with van der Waals surface area (Å²) in [5.74, 6) is -1.14. The fourth-order valence-corrected chi connectivity index (χ4v) is 1.30. The maximum absolute atomic E-state index is 10.9. The Hall–Kier alpha value is -1.30. The van der Waals surface area contributed by atoms with E-state index in [0.29, 0.717) is 0 Å². The topological polar surface area (TPSA) is 77.8 Å². The van der Waals surface area contributed by atoms with E-state index in [4.69, 9.17) is 10.2 Å². The van der Waals surface area contributed by atoms with Crippen LogP contribution in [0.25, 0.3) is 0 Å². The van der Waals surface area contributed by atoms with Crippen LogP contribution in [0.3, 0.4) is 0 Å². The lowest BCUT2D eigenvalue weighted by Gasteiger charge is -2.36. The first kappa shape index (κ1) is 12.7. The largest absolute Gasteiger partial charge is 0.475 e. The molecule has 6 nitrogen and oxygen atoms in total. The number of quaternary nitrogens is 1. The van der Waals surface area contributed by atoms with E-state index in [1.165, 1.54) is 0 Å². The van der Waals surface area contributed by atoms with Crippen LogP contribution in [0.4, 0.5) is 4.79 Å². The van der Waals surface area contributed by atoms with E-state index in [9.17, 15) is 9.59 Å². The van der Waals surface area contributed by atoms with Gasteiger partial charge in [-0.05, 0) is 6.92 Å². The molecule has 6 heteroatoms. The van der Waals surface area contributed by atoms with Gasteiger partial charge in [0.15, 0.2) is 0 Å². The zero-order valence-electron chi connectivity index (χ0n) is 8.89. The lowest BCUT2D eigenvalue weighted by molar-refractivity contribution is -0.897. The van der Waals surface area contributed by atoms with Crippen molar-refractivity contribution < 1.29 is 24.3 Å². The molecule has 0 aromatic heterocycles. The normalized spacial score (nSPS) is 13.4. The Morgan fingerprint density at radius 3 is 1.79 bits per heavy atom. The minimum atomic E-state index is -1.21. The van der Waals surface area contributed by atoms with Crippen molar-refractivity contribution in [3.05, 3.63) is 0 Å². The molecule has 2 N–H and O–H groups in total. The fraction of sp³-hybridized carbons (Fsp3) is 0.750. The summed E-state index contributed by atoms with van der Waals surface area (Å²) in [7, 11) is 4.93. The molecular formula is C8H17N2O4+. The smallest absolute Gasteiger partial charge is 0.412 e. The summed E-state index contributed by atoms with van der Waals surface area (Å²) >= 11 is 0. The number of nitrogens with zero attached hydrogens (tertiary/aromatic N) is 2. The number of likely N-dealkylation sites (N-methyl/N-ethyl adjacent to an activating group) is 2. The standard InChI is InChI=1S/C8H16N2O4/c1-5-9(8(13)14)6(7(11)12)10(2,3)4/h6H,5H2,1-4H3,(H-,11,12,13,14)/p+1. The van der Waals surface area contributed by atoms with Gasteiger partial charge >= 0.3 is 12.1 Å². The number of carboxylic acid groups (broad SMARTS) is 2. The fourth-order valence-electron chi connectivity index (χ4n) is 1.30. The number of carbonyl (C=O) groups is 2. The summed E-state index contributed by atoms with van der Waals surface area (Å²) in [4.78, 5) is 22.6. The summed E-state index contributed by atoms with van der Waals surface area (Å²) in [5.41, 5.74) is 0. The van der Waals surface area contributed by atoms with Gasteiger partial charge in [0, 0.05) is 6.54 Å². The van der Waals surface area contributed by atoms with Crippen LogP contribution < -0.4 is 0 Å². The zero-order valence-corrected chi connectivity index (χ0v) is 8.89. The summed E-state index contributed by atoms with van der Waals surface area (Å²) < 4.78 is 0.0372. The van der Waals surface area contributed by atoms with Gasteiger partial charge in [0.05, 0.1) is 21.1 Å². The molecule has 1 unspecified atom stereocenters. The Balaban J connectivity index is 4.99. The summed E-state index contributed by atoms with van der Waals surface area (Å²) in [6.07, 6.45) is -2.29. The molecule has 0 radical (unpaired) electrons. The molecule has 0 aliphatic heterocycles. The van der Waals surface area contributed by atoms with Gasteiger partial charge in [-0.3, -0.25) is 0 Å². The van der Waals surface area contributed by atoms with E-state index >= 15 is 0 Å². The average molecular weight is 205 g/mol. The second-order valence-electron chi connectivity index (χ2n) is 3.90.